The van der Waals surface area contributed by atoms with Gasteiger partial charge in [0, 0.05) is 31.1 Å². The van der Waals surface area contributed by atoms with Gasteiger partial charge in [0.1, 0.15) is 0 Å². The molecule has 4 atom stereocenters. The minimum absolute atomic E-state index is 0.370. The third-order valence-corrected chi connectivity index (χ3v) is 4.06. The molecule has 3 nitrogen and oxygen atoms in total. The zero-order valence-corrected chi connectivity index (χ0v) is 8.70. The fraction of sp³-hybridized carbons (Fsp3) is 0.909. The molecule has 0 aromatic heterocycles. The largest absolute Gasteiger partial charge is 0.337 e. The molecule has 78 valence electrons. The second-order valence-corrected chi connectivity index (χ2v) is 5.15. The molecule has 1 saturated carbocycles. The van der Waals surface area contributed by atoms with E-state index in [0.717, 1.165) is 19.5 Å². The Hall–Kier alpha value is -0.570. The number of piperazine rings is 1. The summed E-state index contributed by atoms with van der Waals surface area (Å²) in [7, 11) is 0. The topological polar surface area (TPSA) is 32.3 Å². The van der Waals surface area contributed by atoms with Crippen molar-refractivity contribution in [3.8, 4) is 0 Å². The van der Waals surface area contributed by atoms with Gasteiger partial charge >= 0.3 is 0 Å². The smallest absolute Gasteiger partial charge is 0.226 e. The van der Waals surface area contributed by atoms with Crippen LogP contribution in [0.4, 0.5) is 0 Å². The van der Waals surface area contributed by atoms with E-state index in [1.165, 1.54) is 12.8 Å². The predicted molar refractivity (Wildman–Crippen MR) is 53.8 cm³/mol. The van der Waals surface area contributed by atoms with Gasteiger partial charge in [0.15, 0.2) is 0 Å². The van der Waals surface area contributed by atoms with E-state index in [1.54, 1.807) is 0 Å². The number of nitrogens with zero attached hydrogens (tertiary/aromatic N) is 1. The molecule has 3 aliphatic heterocycles. The Balaban J connectivity index is 1.70. The van der Waals surface area contributed by atoms with Crippen molar-refractivity contribution in [2.45, 2.75) is 38.3 Å². The Morgan fingerprint density at radius 2 is 2.21 bits per heavy atom. The number of hydrogen-bond acceptors (Lipinski definition) is 2. The van der Waals surface area contributed by atoms with Gasteiger partial charge in [0.25, 0.3) is 0 Å². The van der Waals surface area contributed by atoms with Crippen LogP contribution in [0.1, 0.15) is 26.2 Å². The summed E-state index contributed by atoms with van der Waals surface area (Å²) in [6.07, 6.45) is 3.60. The van der Waals surface area contributed by atoms with Crippen LogP contribution < -0.4 is 5.32 Å². The van der Waals surface area contributed by atoms with E-state index in [9.17, 15) is 4.79 Å². The van der Waals surface area contributed by atoms with Crippen LogP contribution in [0.3, 0.4) is 0 Å². The summed E-state index contributed by atoms with van der Waals surface area (Å²) >= 11 is 0. The van der Waals surface area contributed by atoms with Crippen molar-refractivity contribution in [1.29, 1.82) is 0 Å². The van der Waals surface area contributed by atoms with Crippen LogP contribution in [-0.2, 0) is 4.79 Å². The molecule has 1 N–H and O–H groups in total. The van der Waals surface area contributed by atoms with Crippen LogP contribution in [0.25, 0.3) is 0 Å². The van der Waals surface area contributed by atoms with E-state index in [-0.39, 0.29) is 0 Å². The molecule has 0 radical (unpaired) electrons. The van der Waals surface area contributed by atoms with E-state index >= 15 is 0 Å². The van der Waals surface area contributed by atoms with Gasteiger partial charge in [-0.3, -0.25) is 4.79 Å². The lowest BCUT2D eigenvalue weighted by Gasteiger charge is -2.46. The molecular weight excluding hydrogens is 176 g/mol. The summed E-state index contributed by atoms with van der Waals surface area (Å²) in [5, 5.41) is 3.48. The maximum Gasteiger partial charge on any atom is 0.226 e. The first-order valence-corrected chi connectivity index (χ1v) is 5.79. The Kier molecular flexibility index (Phi) is 1.84. The summed E-state index contributed by atoms with van der Waals surface area (Å²) < 4.78 is 0. The molecule has 4 rings (SSSR count). The van der Waals surface area contributed by atoms with E-state index < -0.39 is 0 Å². The second-order valence-electron chi connectivity index (χ2n) is 5.15. The van der Waals surface area contributed by atoms with E-state index in [4.69, 9.17) is 0 Å². The van der Waals surface area contributed by atoms with Crippen LogP contribution in [0.2, 0.25) is 0 Å². The van der Waals surface area contributed by atoms with Crippen LogP contribution in [0, 0.1) is 11.8 Å². The van der Waals surface area contributed by atoms with Gasteiger partial charge in [-0.05, 0) is 25.2 Å². The summed E-state index contributed by atoms with van der Waals surface area (Å²) in [6, 6.07) is 1.08. The molecule has 1 aliphatic carbocycles. The van der Waals surface area contributed by atoms with Gasteiger partial charge in [-0.25, -0.2) is 0 Å². The van der Waals surface area contributed by atoms with Crippen molar-refractivity contribution in [1.82, 2.24) is 10.2 Å². The van der Waals surface area contributed by atoms with E-state index in [2.05, 4.69) is 17.1 Å². The first-order valence-electron chi connectivity index (χ1n) is 5.79. The molecule has 2 bridgehead atoms. The molecule has 4 unspecified atom stereocenters. The molecule has 4 fully saturated rings. The highest BCUT2D eigenvalue weighted by molar-refractivity contribution is 5.82. The average molecular weight is 194 g/mol. The molecule has 1 amide bonds. The SMILES string of the molecule is CC1CC1C(=O)N1CC2CCC1CN2. The van der Waals surface area contributed by atoms with Crippen molar-refractivity contribution in [3.63, 3.8) is 0 Å². The molecular formula is C11H18N2O. The van der Waals surface area contributed by atoms with E-state index in [1.807, 2.05) is 0 Å². The third kappa shape index (κ3) is 1.26. The summed E-state index contributed by atoms with van der Waals surface area (Å²) in [4.78, 5) is 14.2. The van der Waals surface area contributed by atoms with Crippen LogP contribution in [-0.4, -0.2) is 36.0 Å². The highest BCUT2D eigenvalue weighted by atomic mass is 16.2. The quantitative estimate of drug-likeness (QED) is 0.663. The molecule has 0 aromatic rings. The van der Waals surface area contributed by atoms with Crippen LogP contribution in [0.15, 0.2) is 0 Å². The Morgan fingerprint density at radius 1 is 1.43 bits per heavy atom. The summed E-state index contributed by atoms with van der Waals surface area (Å²) in [6.45, 7) is 4.17. The van der Waals surface area contributed by atoms with Gasteiger partial charge in [0.05, 0.1) is 0 Å². The normalized spacial score (nSPS) is 45.4. The maximum atomic E-state index is 12.1. The van der Waals surface area contributed by atoms with Crippen molar-refractivity contribution in [2.75, 3.05) is 13.1 Å². The number of carbonyl (C=O) groups excluding carboxylic acids is 1. The maximum absolute atomic E-state index is 12.1. The van der Waals surface area contributed by atoms with Gasteiger partial charge in [-0.15, -0.1) is 0 Å². The monoisotopic (exact) mass is 194 g/mol. The zero-order chi connectivity index (χ0) is 9.71. The van der Waals surface area contributed by atoms with Crippen LogP contribution in [0.5, 0.6) is 0 Å². The molecule has 3 heterocycles. The van der Waals surface area contributed by atoms with Gasteiger partial charge < -0.3 is 10.2 Å². The number of fused-ring (bicyclic) bond motifs is 3. The van der Waals surface area contributed by atoms with Crippen molar-refractivity contribution in [2.24, 2.45) is 11.8 Å². The fourth-order valence-corrected chi connectivity index (χ4v) is 2.86. The molecule has 14 heavy (non-hydrogen) atoms. The number of nitrogens with one attached hydrogen (secondary N) is 1. The van der Waals surface area contributed by atoms with Crippen molar-refractivity contribution in [3.05, 3.63) is 0 Å². The predicted octanol–water partition coefficient (Wildman–Crippen LogP) is 0.605. The zero-order valence-electron chi connectivity index (χ0n) is 8.70. The lowest BCUT2D eigenvalue weighted by Crippen LogP contribution is -2.62. The first-order chi connectivity index (χ1) is 6.75. The second kappa shape index (κ2) is 2.96. The fourth-order valence-electron chi connectivity index (χ4n) is 2.86. The Bertz CT molecular complexity index is 258. The summed E-state index contributed by atoms with van der Waals surface area (Å²) in [5.74, 6) is 1.46. The average Bonchev–Trinajstić information content (AvgIpc) is 2.96. The standard InChI is InChI=1S/C11H18N2O/c1-7-4-10(7)11(14)13-6-8-2-3-9(13)5-12-8/h7-10,12H,2-6H2,1H3. The lowest BCUT2D eigenvalue weighted by molar-refractivity contribution is -0.138. The molecule has 4 aliphatic rings. The molecule has 3 heteroatoms. The Labute approximate surface area is 84.8 Å². The van der Waals surface area contributed by atoms with Crippen LogP contribution >= 0.6 is 0 Å². The van der Waals surface area contributed by atoms with Gasteiger partial charge in [-0.1, -0.05) is 6.92 Å². The highest BCUT2D eigenvalue weighted by Crippen LogP contribution is 2.40. The van der Waals surface area contributed by atoms with Gasteiger partial charge in [-0.2, -0.15) is 0 Å². The number of carbonyl (C=O) groups is 1. The van der Waals surface area contributed by atoms with Gasteiger partial charge in [0.2, 0.25) is 5.91 Å². The van der Waals surface area contributed by atoms with Crippen molar-refractivity contribution < 1.29 is 4.79 Å². The lowest BCUT2D eigenvalue weighted by atomic mass is 9.92. The molecule has 0 aromatic carbocycles. The minimum atomic E-state index is 0.370. The molecule has 0 spiro atoms. The first kappa shape index (κ1) is 8.72. The highest BCUT2D eigenvalue weighted by Gasteiger charge is 2.45. The minimum Gasteiger partial charge on any atom is -0.337 e. The number of hydrogen-bond donors (Lipinski definition) is 1. The third-order valence-electron chi connectivity index (χ3n) is 4.06. The number of piperidine rings is 2. The van der Waals surface area contributed by atoms with Crippen molar-refractivity contribution >= 4 is 5.91 Å². The Morgan fingerprint density at radius 3 is 2.64 bits per heavy atom. The number of amides is 1. The molecule has 3 saturated heterocycles. The number of rotatable bonds is 1. The summed E-state index contributed by atoms with van der Waals surface area (Å²) in [5.41, 5.74) is 0. The van der Waals surface area contributed by atoms with E-state index in [0.29, 0.717) is 29.8 Å².